The molecule has 2 aromatic heterocycles. The second-order valence-electron chi connectivity index (χ2n) is 10.2. The number of nitrogens with two attached hydrogens (primary N) is 1. The maximum atomic E-state index is 15.8. The fourth-order valence-corrected chi connectivity index (χ4v) is 5.13. The number of carbonyl (C=O) groups is 1. The number of benzene rings is 4. The number of halogens is 2. The van der Waals surface area contributed by atoms with Gasteiger partial charge in [-0.2, -0.15) is 0 Å². The highest BCUT2D eigenvalue weighted by atomic mass is 19.1. The Balaban J connectivity index is 1.64. The van der Waals surface area contributed by atoms with Crippen molar-refractivity contribution in [2.75, 3.05) is 0 Å². The van der Waals surface area contributed by atoms with Crippen molar-refractivity contribution in [2.45, 2.75) is 19.4 Å². The standard InChI is InChI=1S/C30H22F2N4O4/c1-30(2,40)15-6-8-18-22(11-15)34-26-20(27(33)37)13-21(32)24(25(18)26)14-4-3-5-17(10-14)36-28(38)19-9-7-16(31)12-23(19)35-29(36)39/h3-13,34,40H,1-2H3,(H2,33,37)(H,35,39). The van der Waals surface area contributed by atoms with Crippen molar-refractivity contribution in [1.82, 2.24) is 14.5 Å². The Kier molecular flexibility index (Phi) is 5.49. The Morgan fingerprint density at radius 3 is 2.38 bits per heavy atom. The molecule has 200 valence electrons. The van der Waals surface area contributed by atoms with Crippen LogP contribution in [0.5, 0.6) is 0 Å². The monoisotopic (exact) mass is 540 g/mol. The second-order valence-corrected chi connectivity index (χ2v) is 10.2. The van der Waals surface area contributed by atoms with Gasteiger partial charge in [-0.05, 0) is 67.4 Å². The van der Waals surface area contributed by atoms with Crippen molar-refractivity contribution in [3.63, 3.8) is 0 Å². The third-order valence-corrected chi connectivity index (χ3v) is 7.05. The number of aromatic nitrogens is 3. The Labute approximate surface area is 224 Å². The van der Waals surface area contributed by atoms with Crippen molar-refractivity contribution in [3.05, 3.63) is 110 Å². The molecule has 0 aliphatic heterocycles. The number of nitrogens with zero attached hydrogens (tertiary/aromatic N) is 1. The number of hydrogen-bond acceptors (Lipinski definition) is 4. The van der Waals surface area contributed by atoms with Gasteiger partial charge in [-0.25, -0.2) is 18.1 Å². The summed E-state index contributed by atoms with van der Waals surface area (Å²) < 4.78 is 30.4. The van der Waals surface area contributed by atoms with Crippen molar-refractivity contribution in [2.24, 2.45) is 5.73 Å². The van der Waals surface area contributed by atoms with Crippen molar-refractivity contribution in [3.8, 4) is 16.8 Å². The third kappa shape index (κ3) is 3.88. The maximum absolute atomic E-state index is 15.8. The first kappa shape index (κ1) is 25.2. The van der Waals surface area contributed by atoms with Crippen LogP contribution in [0.4, 0.5) is 8.78 Å². The first-order valence-corrected chi connectivity index (χ1v) is 12.3. The molecule has 0 unspecified atom stereocenters. The van der Waals surface area contributed by atoms with Crippen LogP contribution in [0.25, 0.3) is 49.5 Å². The van der Waals surface area contributed by atoms with E-state index in [9.17, 15) is 23.9 Å². The molecule has 0 fully saturated rings. The number of nitrogens with one attached hydrogen (secondary N) is 2. The summed E-state index contributed by atoms with van der Waals surface area (Å²) in [4.78, 5) is 44.0. The molecule has 40 heavy (non-hydrogen) atoms. The van der Waals surface area contributed by atoms with E-state index in [2.05, 4.69) is 9.97 Å². The minimum atomic E-state index is -1.15. The number of primary amides is 1. The van der Waals surface area contributed by atoms with Crippen LogP contribution in [0.3, 0.4) is 0 Å². The highest BCUT2D eigenvalue weighted by molar-refractivity contribution is 6.20. The first-order chi connectivity index (χ1) is 18.9. The van der Waals surface area contributed by atoms with E-state index in [1.807, 2.05) is 0 Å². The van der Waals surface area contributed by atoms with E-state index in [4.69, 9.17) is 5.73 Å². The average molecular weight is 541 g/mol. The zero-order valence-electron chi connectivity index (χ0n) is 21.3. The molecule has 0 aliphatic rings. The molecule has 0 saturated carbocycles. The van der Waals surface area contributed by atoms with Crippen LogP contribution >= 0.6 is 0 Å². The molecule has 0 aliphatic carbocycles. The van der Waals surface area contributed by atoms with Crippen LogP contribution < -0.4 is 17.0 Å². The molecular formula is C30H22F2N4O4. The number of carbonyl (C=O) groups excluding carboxylic acids is 1. The predicted octanol–water partition coefficient (Wildman–Crippen LogP) is 4.59. The summed E-state index contributed by atoms with van der Waals surface area (Å²) in [5.41, 5.74) is 5.04. The molecule has 5 N–H and O–H groups in total. The third-order valence-electron chi connectivity index (χ3n) is 7.05. The fraction of sp³-hybridized carbons (Fsp3) is 0.100. The molecular weight excluding hydrogens is 518 g/mol. The first-order valence-electron chi connectivity index (χ1n) is 12.3. The van der Waals surface area contributed by atoms with E-state index >= 15 is 4.39 Å². The number of aliphatic hydroxyl groups is 1. The van der Waals surface area contributed by atoms with Crippen LogP contribution in [-0.2, 0) is 5.60 Å². The minimum absolute atomic E-state index is 0.0529. The van der Waals surface area contributed by atoms with Crippen LogP contribution in [-0.4, -0.2) is 25.5 Å². The topological polar surface area (TPSA) is 134 Å². The summed E-state index contributed by atoms with van der Waals surface area (Å²) in [5, 5.41) is 11.5. The SMILES string of the molecule is CC(C)(O)c1ccc2c(c1)[nH]c1c(C(N)=O)cc(F)c(-c3cccc(-n4c(=O)[nH]c5cc(F)ccc5c4=O)c3)c12. The molecule has 1 amide bonds. The minimum Gasteiger partial charge on any atom is -0.386 e. The highest BCUT2D eigenvalue weighted by Crippen LogP contribution is 2.39. The smallest absolute Gasteiger partial charge is 0.333 e. The largest absolute Gasteiger partial charge is 0.386 e. The van der Waals surface area contributed by atoms with Crippen molar-refractivity contribution >= 4 is 38.6 Å². The molecule has 0 spiro atoms. The summed E-state index contributed by atoms with van der Waals surface area (Å²) in [6.45, 7) is 3.27. The summed E-state index contributed by atoms with van der Waals surface area (Å²) in [5.74, 6) is -2.17. The molecule has 6 rings (SSSR count). The molecule has 4 aromatic carbocycles. The predicted molar refractivity (Wildman–Crippen MR) is 149 cm³/mol. The van der Waals surface area contributed by atoms with E-state index < -0.39 is 34.4 Å². The summed E-state index contributed by atoms with van der Waals surface area (Å²) >= 11 is 0. The van der Waals surface area contributed by atoms with Gasteiger partial charge in [0.15, 0.2) is 0 Å². The number of rotatable bonds is 4. The molecule has 0 radical (unpaired) electrons. The van der Waals surface area contributed by atoms with Gasteiger partial charge in [0.1, 0.15) is 11.6 Å². The molecule has 0 saturated heterocycles. The van der Waals surface area contributed by atoms with Gasteiger partial charge in [0, 0.05) is 21.9 Å². The van der Waals surface area contributed by atoms with Gasteiger partial charge in [0.25, 0.3) is 11.5 Å². The van der Waals surface area contributed by atoms with E-state index in [0.717, 1.165) is 22.8 Å². The van der Waals surface area contributed by atoms with Gasteiger partial charge >= 0.3 is 5.69 Å². The Morgan fingerprint density at radius 2 is 1.65 bits per heavy atom. The van der Waals surface area contributed by atoms with Gasteiger partial charge < -0.3 is 20.8 Å². The van der Waals surface area contributed by atoms with Crippen molar-refractivity contribution in [1.29, 1.82) is 0 Å². The lowest BCUT2D eigenvalue weighted by Crippen LogP contribution is -2.33. The molecule has 8 nitrogen and oxygen atoms in total. The summed E-state index contributed by atoms with van der Waals surface area (Å²) in [7, 11) is 0. The quantitative estimate of drug-likeness (QED) is 0.260. The normalized spacial score (nSPS) is 12.0. The zero-order valence-corrected chi connectivity index (χ0v) is 21.3. The van der Waals surface area contributed by atoms with Gasteiger partial charge in [0.2, 0.25) is 0 Å². The lowest BCUT2D eigenvalue weighted by molar-refractivity contribution is 0.0787. The number of H-pyrrole nitrogens is 2. The van der Waals surface area contributed by atoms with Crippen molar-refractivity contribution < 1.29 is 18.7 Å². The molecule has 10 heteroatoms. The Bertz CT molecular complexity index is 2150. The highest BCUT2D eigenvalue weighted by Gasteiger charge is 2.23. The number of aromatic amines is 2. The van der Waals surface area contributed by atoms with Crippen LogP contribution in [0.15, 0.2) is 76.3 Å². The van der Waals surface area contributed by atoms with Crippen LogP contribution in [0.2, 0.25) is 0 Å². The lowest BCUT2D eigenvalue weighted by Gasteiger charge is -2.17. The maximum Gasteiger partial charge on any atom is 0.333 e. The van der Waals surface area contributed by atoms with Crippen LogP contribution in [0.1, 0.15) is 29.8 Å². The number of fused-ring (bicyclic) bond motifs is 4. The number of hydrogen-bond donors (Lipinski definition) is 4. The summed E-state index contributed by atoms with van der Waals surface area (Å²) in [6, 6.07) is 15.8. The van der Waals surface area contributed by atoms with Gasteiger partial charge in [-0.15, -0.1) is 0 Å². The van der Waals surface area contributed by atoms with Gasteiger partial charge in [-0.1, -0.05) is 24.3 Å². The molecule has 2 heterocycles. The molecule has 6 aromatic rings. The lowest BCUT2D eigenvalue weighted by atomic mass is 9.94. The molecule has 0 atom stereocenters. The van der Waals surface area contributed by atoms with E-state index in [-0.39, 0.29) is 27.7 Å². The van der Waals surface area contributed by atoms with Crippen LogP contribution in [0, 0.1) is 11.6 Å². The number of amides is 1. The average Bonchev–Trinajstić information content (AvgIpc) is 3.26. The molecule has 0 bridgehead atoms. The Morgan fingerprint density at radius 1 is 0.925 bits per heavy atom. The van der Waals surface area contributed by atoms with E-state index in [0.29, 0.717) is 32.9 Å². The van der Waals surface area contributed by atoms with E-state index in [1.165, 1.54) is 18.2 Å². The Hall–Kier alpha value is -5.09. The van der Waals surface area contributed by atoms with Gasteiger partial charge in [-0.3, -0.25) is 9.59 Å². The second kappa shape index (κ2) is 8.72. The fourth-order valence-electron chi connectivity index (χ4n) is 5.13. The van der Waals surface area contributed by atoms with Gasteiger partial charge in [0.05, 0.1) is 33.3 Å². The zero-order chi connectivity index (χ0) is 28.5. The van der Waals surface area contributed by atoms with E-state index in [1.54, 1.807) is 44.2 Å². The summed E-state index contributed by atoms with van der Waals surface area (Å²) in [6.07, 6.45) is 0.